The summed E-state index contributed by atoms with van der Waals surface area (Å²) in [7, 11) is -3.97. The van der Waals surface area contributed by atoms with Crippen molar-refractivity contribution in [2.24, 2.45) is 0 Å². The molecule has 11 heteroatoms. The lowest BCUT2D eigenvalue weighted by molar-refractivity contribution is 0.101. The van der Waals surface area contributed by atoms with E-state index in [9.17, 15) is 28.2 Å². The third-order valence-electron chi connectivity index (χ3n) is 8.03. The number of hydrogen-bond acceptors (Lipinski definition) is 8. The van der Waals surface area contributed by atoms with Crippen LogP contribution in [0.2, 0.25) is 0 Å². The molecule has 0 saturated heterocycles. The highest BCUT2D eigenvalue weighted by atomic mass is 32.2. The molecule has 264 valence electrons. The number of nitrogens with one attached hydrogen (secondary N) is 2. The van der Waals surface area contributed by atoms with E-state index in [2.05, 4.69) is 23.8 Å². The highest BCUT2D eigenvalue weighted by molar-refractivity contribution is 7.91. The fourth-order valence-electron chi connectivity index (χ4n) is 5.14. The van der Waals surface area contributed by atoms with Gasteiger partial charge in [0.1, 0.15) is 34.4 Å². The maximum absolute atomic E-state index is 13.5. The Morgan fingerprint density at radius 2 is 0.887 bits per heavy atom. The molecule has 6 aromatic carbocycles. The van der Waals surface area contributed by atoms with E-state index in [1.165, 1.54) is 60.7 Å². The Morgan fingerprint density at radius 1 is 0.528 bits per heavy atom. The van der Waals surface area contributed by atoms with Crippen molar-refractivity contribution in [2.75, 3.05) is 10.6 Å². The van der Waals surface area contributed by atoms with Gasteiger partial charge in [-0.25, -0.2) is 8.42 Å². The molecule has 0 aromatic heterocycles. The number of carbonyl (C=O) groups is 2. The van der Waals surface area contributed by atoms with Gasteiger partial charge in [0.15, 0.2) is 11.5 Å². The number of sulfone groups is 1. The van der Waals surface area contributed by atoms with Crippen LogP contribution in [0.1, 0.15) is 31.8 Å². The van der Waals surface area contributed by atoms with E-state index < -0.39 is 21.7 Å². The summed E-state index contributed by atoms with van der Waals surface area (Å²) in [5, 5.41) is 26.4. The zero-order chi connectivity index (χ0) is 37.5. The van der Waals surface area contributed by atoms with Crippen LogP contribution in [0, 0.1) is 0 Å². The third-order valence-corrected chi connectivity index (χ3v) is 9.81. The van der Waals surface area contributed by atoms with Gasteiger partial charge in [-0.3, -0.25) is 9.59 Å². The van der Waals surface area contributed by atoms with E-state index in [4.69, 9.17) is 9.47 Å². The lowest BCUT2D eigenvalue weighted by atomic mass is 10.1. The molecular weight excluding hydrogens is 693 g/mol. The number of carbonyl (C=O) groups excluding carboxylic acids is 2. The van der Waals surface area contributed by atoms with Crippen LogP contribution < -0.4 is 20.1 Å². The van der Waals surface area contributed by atoms with Gasteiger partial charge in [-0.1, -0.05) is 61.7 Å². The predicted molar refractivity (Wildman–Crippen MR) is 204 cm³/mol. The van der Waals surface area contributed by atoms with Crippen LogP contribution in [0.15, 0.2) is 156 Å². The van der Waals surface area contributed by atoms with E-state index in [0.29, 0.717) is 11.1 Å². The molecule has 0 bridgehead atoms. The molecule has 6 rings (SSSR count). The summed E-state index contributed by atoms with van der Waals surface area (Å²) >= 11 is 0. The van der Waals surface area contributed by atoms with Crippen LogP contribution in [-0.4, -0.2) is 30.4 Å². The van der Waals surface area contributed by atoms with Crippen LogP contribution >= 0.6 is 0 Å². The Labute approximate surface area is 305 Å². The van der Waals surface area contributed by atoms with Crippen LogP contribution in [0.5, 0.6) is 34.5 Å². The second-order valence-electron chi connectivity index (χ2n) is 11.5. The molecular formula is C42H32N2O8S. The van der Waals surface area contributed by atoms with Crippen molar-refractivity contribution >= 4 is 45.2 Å². The van der Waals surface area contributed by atoms with Gasteiger partial charge in [0.25, 0.3) is 11.8 Å². The molecule has 0 unspecified atom stereocenters. The normalized spacial score (nSPS) is 10.9. The molecule has 2 amide bonds. The summed E-state index contributed by atoms with van der Waals surface area (Å²) < 4.78 is 38.9. The molecule has 4 N–H and O–H groups in total. The van der Waals surface area contributed by atoms with Gasteiger partial charge in [0.2, 0.25) is 9.84 Å². The van der Waals surface area contributed by atoms with Crippen molar-refractivity contribution in [1.82, 2.24) is 0 Å². The maximum Gasteiger partial charge on any atom is 0.255 e. The van der Waals surface area contributed by atoms with Crippen molar-refractivity contribution in [3.63, 3.8) is 0 Å². The van der Waals surface area contributed by atoms with Crippen molar-refractivity contribution in [1.29, 1.82) is 0 Å². The average molecular weight is 725 g/mol. The molecule has 6 aromatic rings. The number of para-hydroxylation sites is 2. The minimum Gasteiger partial charge on any atom is -0.506 e. The Balaban J connectivity index is 1.14. The van der Waals surface area contributed by atoms with E-state index in [0.717, 1.165) is 11.1 Å². The van der Waals surface area contributed by atoms with E-state index in [1.807, 2.05) is 0 Å². The predicted octanol–water partition coefficient (Wildman–Crippen LogP) is 9.31. The zero-order valence-corrected chi connectivity index (χ0v) is 28.8. The third kappa shape index (κ3) is 8.11. The largest absolute Gasteiger partial charge is 0.506 e. The Kier molecular flexibility index (Phi) is 10.4. The monoisotopic (exact) mass is 724 g/mol. The standard InChI is InChI=1S/C42H32N2O8S/c1-3-27-11-15-29(16-12-27)41(47)43-39-35(45)7-5-9-37(39)51-31-19-23-33(24-20-31)53(49,50)34-25-21-32(22-26-34)52-38-10-6-8-36(46)40(38)44-42(48)30-17-13-28(4-2)14-18-30/h3-26,45-46H,1-2H2,(H,43,47)(H,44,48). The number of amides is 2. The molecule has 53 heavy (non-hydrogen) atoms. The van der Waals surface area contributed by atoms with Gasteiger partial charge in [-0.2, -0.15) is 0 Å². The fraction of sp³-hybridized carbons (Fsp3) is 0. The Bertz CT molecular complexity index is 2260. The van der Waals surface area contributed by atoms with Crippen LogP contribution in [0.25, 0.3) is 12.2 Å². The molecule has 0 atom stereocenters. The van der Waals surface area contributed by atoms with E-state index in [1.54, 1.807) is 84.9 Å². The zero-order valence-electron chi connectivity index (χ0n) is 28.0. The second kappa shape index (κ2) is 15.4. The van der Waals surface area contributed by atoms with Crippen LogP contribution in [0.3, 0.4) is 0 Å². The molecule has 0 spiro atoms. The minimum atomic E-state index is -3.97. The highest BCUT2D eigenvalue weighted by Gasteiger charge is 2.20. The minimum absolute atomic E-state index is 0.00923. The van der Waals surface area contributed by atoms with Crippen molar-refractivity contribution in [2.45, 2.75) is 9.79 Å². The smallest absolute Gasteiger partial charge is 0.255 e. The summed E-state index contributed by atoms with van der Waals surface area (Å²) in [5.74, 6) is -0.573. The van der Waals surface area contributed by atoms with Crippen molar-refractivity contribution in [3.8, 4) is 34.5 Å². The number of phenolic OH excluding ortho intramolecular Hbond substituents is 2. The molecule has 0 fully saturated rings. The quantitative estimate of drug-likeness (QED) is 0.0912. The summed E-state index contributed by atoms with van der Waals surface area (Å²) in [6.45, 7) is 7.40. The van der Waals surface area contributed by atoms with Gasteiger partial charge in [-0.15, -0.1) is 0 Å². The first-order valence-electron chi connectivity index (χ1n) is 16.1. The summed E-state index contributed by atoms with van der Waals surface area (Å²) in [6.07, 6.45) is 3.31. The van der Waals surface area contributed by atoms with E-state index >= 15 is 0 Å². The first kappa shape index (κ1) is 35.7. The van der Waals surface area contributed by atoms with E-state index in [-0.39, 0.29) is 55.7 Å². The molecule has 0 aliphatic carbocycles. The van der Waals surface area contributed by atoms with Gasteiger partial charge in [0.05, 0.1) is 9.79 Å². The number of rotatable bonds is 12. The van der Waals surface area contributed by atoms with Gasteiger partial charge >= 0.3 is 0 Å². The summed E-state index contributed by atoms with van der Waals surface area (Å²) in [4.78, 5) is 25.8. The first-order chi connectivity index (χ1) is 25.5. The summed E-state index contributed by atoms with van der Waals surface area (Å²) in [5.41, 5.74) is 2.50. The maximum atomic E-state index is 13.5. The number of benzene rings is 6. The molecule has 0 aliphatic rings. The van der Waals surface area contributed by atoms with Gasteiger partial charge in [0, 0.05) is 11.1 Å². The number of ether oxygens (including phenoxy) is 2. The summed E-state index contributed by atoms with van der Waals surface area (Å²) in [6, 6.07) is 33.8. The fourth-order valence-corrected chi connectivity index (χ4v) is 6.40. The number of phenols is 2. The Morgan fingerprint density at radius 3 is 1.23 bits per heavy atom. The highest BCUT2D eigenvalue weighted by Crippen LogP contribution is 2.39. The Hall–Kier alpha value is -7.11. The van der Waals surface area contributed by atoms with Crippen molar-refractivity contribution in [3.05, 3.63) is 169 Å². The first-order valence-corrected chi connectivity index (χ1v) is 17.6. The topological polar surface area (TPSA) is 151 Å². The molecule has 0 radical (unpaired) electrons. The number of anilines is 2. The molecule has 0 heterocycles. The average Bonchev–Trinajstić information content (AvgIpc) is 3.18. The molecule has 0 saturated carbocycles. The van der Waals surface area contributed by atoms with Crippen LogP contribution in [0.4, 0.5) is 11.4 Å². The van der Waals surface area contributed by atoms with Gasteiger partial charge < -0.3 is 30.3 Å². The lowest BCUT2D eigenvalue weighted by Crippen LogP contribution is -2.12. The van der Waals surface area contributed by atoms with Crippen molar-refractivity contribution < 1.29 is 37.7 Å². The van der Waals surface area contributed by atoms with Crippen LogP contribution in [-0.2, 0) is 9.84 Å². The SMILES string of the molecule is C=Cc1ccc(C(=O)Nc2c(O)cccc2Oc2ccc(S(=O)(=O)c3ccc(Oc4cccc(O)c4NC(=O)c4ccc(C=C)cc4)cc3)cc2)cc1. The number of hydrogen-bond donors (Lipinski definition) is 4. The van der Waals surface area contributed by atoms with Gasteiger partial charge in [-0.05, 0) is 108 Å². The molecule has 0 aliphatic heterocycles. The molecule has 10 nitrogen and oxygen atoms in total. The second-order valence-corrected chi connectivity index (χ2v) is 13.5. The lowest BCUT2D eigenvalue weighted by Gasteiger charge is -2.15. The number of aromatic hydroxyl groups is 2.